The molecule has 2 aromatic carbocycles. The molecule has 1 spiro atoms. The Balaban J connectivity index is 1.67. The SMILES string of the molecule is N#CC1=C(N)Oc2n[nH]c(-c3ccc4c(c3)OCO4)c2[C@@]12C(=O)N(CC(=O)[O-])c1ccccc12. The van der Waals surface area contributed by atoms with Gasteiger partial charge in [-0.05, 0) is 24.3 Å². The molecule has 34 heavy (non-hydrogen) atoms. The lowest BCUT2D eigenvalue weighted by atomic mass is 9.68. The van der Waals surface area contributed by atoms with Crippen LogP contribution in [-0.2, 0) is 15.0 Å². The zero-order valence-corrected chi connectivity index (χ0v) is 17.3. The van der Waals surface area contributed by atoms with Gasteiger partial charge in [0.2, 0.25) is 24.5 Å². The number of nitrogens with zero attached hydrogens (tertiary/aromatic N) is 3. The highest BCUT2D eigenvalue weighted by Crippen LogP contribution is 2.57. The van der Waals surface area contributed by atoms with Gasteiger partial charge in [-0.15, -0.1) is 5.10 Å². The molecule has 0 fully saturated rings. The average molecular weight is 456 g/mol. The number of hydrogen-bond donors (Lipinski definition) is 2. The number of aliphatic carboxylic acids is 1. The minimum absolute atomic E-state index is 0.00243. The Bertz CT molecular complexity index is 1490. The number of benzene rings is 2. The van der Waals surface area contributed by atoms with E-state index in [0.29, 0.717) is 34.0 Å². The zero-order chi connectivity index (χ0) is 23.6. The molecule has 0 saturated carbocycles. The molecule has 11 heteroatoms. The van der Waals surface area contributed by atoms with Crippen LogP contribution >= 0.6 is 0 Å². The van der Waals surface area contributed by atoms with Crippen LogP contribution in [0.1, 0.15) is 11.1 Å². The summed E-state index contributed by atoms with van der Waals surface area (Å²) >= 11 is 0. The molecule has 0 radical (unpaired) electrons. The number of nitriles is 1. The summed E-state index contributed by atoms with van der Waals surface area (Å²) in [6, 6.07) is 13.8. The fourth-order valence-electron chi connectivity index (χ4n) is 4.83. The number of aromatic nitrogens is 2. The van der Waals surface area contributed by atoms with Gasteiger partial charge in [0.25, 0.3) is 0 Å². The van der Waals surface area contributed by atoms with Gasteiger partial charge in [-0.2, -0.15) is 5.26 Å². The molecule has 0 bridgehead atoms. The minimum atomic E-state index is -1.78. The second-order valence-electron chi connectivity index (χ2n) is 7.83. The Morgan fingerprint density at radius 2 is 2.06 bits per heavy atom. The third-order valence-electron chi connectivity index (χ3n) is 6.16. The molecule has 1 atom stereocenters. The number of rotatable bonds is 3. The molecule has 168 valence electrons. The first-order valence-electron chi connectivity index (χ1n) is 10.1. The summed E-state index contributed by atoms with van der Waals surface area (Å²) in [7, 11) is 0. The summed E-state index contributed by atoms with van der Waals surface area (Å²) in [6.45, 7) is -0.627. The highest BCUT2D eigenvalue weighted by atomic mass is 16.7. The number of fused-ring (bicyclic) bond motifs is 5. The lowest BCUT2D eigenvalue weighted by Crippen LogP contribution is -2.48. The quantitative estimate of drug-likeness (QED) is 0.562. The lowest BCUT2D eigenvalue weighted by Gasteiger charge is -2.33. The number of H-pyrrole nitrogens is 1. The van der Waals surface area contributed by atoms with Gasteiger partial charge in [-0.3, -0.25) is 9.89 Å². The molecule has 6 rings (SSSR count). The van der Waals surface area contributed by atoms with E-state index in [1.807, 2.05) is 6.07 Å². The Morgan fingerprint density at radius 3 is 2.85 bits per heavy atom. The predicted molar refractivity (Wildman–Crippen MR) is 112 cm³/mol. The van der Waals surface area contributed by atoms with Gasteiger partial charge in [-0.25, -0.2) is 0 Å². The van der Waals surface area contributed by atoms with Crippen molar-refractivity contribution in [3.8, 4) is 34.7 Å². The number of para-hydroxylation sites is 1. The molecular weight excluding hydrogens is 442 g/mol. The van der Waals surface area contributed by atoms with Crippen LogP contribution in [0, 0.1) is 11.3 Å². The summed E-state index contributed by atoms with van der Waals surface area (Å²) in [6.07, 6.45) is 0. The third kappa shape index (κ3) is 2.36. The van der Waals surface area contributed by atoms with Crippen LogP contribution in [0.4, 0.5) is 5.69 Å². The van der Waals surface area contributed by atoms with Crippen molar-refractivity contribution in [3.05, 3.63) is 65.0 Å². The van der Waals surface area contributed by atoms with Gasteiger partial charge in [0.15, 0.2) is 11.5 Å². The summed E-state index contributed by atoms with van der Waals surface area (Å²) in [4.78, 5) is 26.7. The number of aromatic amines is 1. The van der Waals surface area contributed by atoms with Crippen molar-refractivity contribution < 1.29 is 28.9 Å². The van der Waals surface area contributed by atoms with E-state index in [1.54, 1.807) is 42.5 Å². The summed E-state index contributed by atoms with van der Waals surface area (Å²) < 4.78 is 16.5. The highest BCUT2D eigenvalue weighted by Gasteiger charge is 2.61. The third-order valence-corrected chi connectivity index (χ3v) is 6.16. The van der Waals surface area contributed by atoms with E-state index in [4.69, 9.17) is 19.9 Å². The second-order valence-corrected chi connectivity index (χ2v) is 7.83. The highest BCUT2D eigenvalue weighted by molar-refractivity contribution is 6.16. The van der Waals surface area contributed by atoms with Crippen LogP contribution in [0.3, 0.4) is 0 Å². The number of carboxylic acids is 1. The van der Waals surface area contributed by atoms with E-state index in [0.717, 1.165) is 4.90 Å². The molecule has 3 aliphatic rings. The number of nitrogens with two attached hydrogens (primary N) is 1. The van der Waals surface area contributed by atoms with Gasteiger partial charge in [-0.1, -0.05) is 18.2 Å². The monoisotopic (exact) mass is 456 g/mol. The number of anilines is 1. The number of carbonyl (C=O) groups is 2. The lowest BCUT2D eigenvalue weighted by molar-refractivity contribution is -0.303. The molecule has 1 aromatic heterocycles. The van der Waals surface area contributed by atoms with E-state index in [1.165, 1.54) is 0 Å². The minimum Gasteiger partial charge on any atom is -0.548 e. The fourth-order valence-corrected chi connectivity index (χ4v) is 4.83. The van der Waals surface area contributed by atoms with Crippen molar-refractivity contribution in [1.29, 1.82) is 5.26 Å². The van der Waals surface area contributed by atoms with Crippen LogP contribution in [-0.4, -0.2) is 35.4 Å². The van der Waals surface area contributed by atoms with Crippen molar-refractivity contribution >= 4 is 17.6 Å². The fraction of sp³-hybridized carbons (Fsp3) is 0.130. The number of amides is 1. The number of nitrogens with one attached hydrogen (secondary N) is 1. The Labute approximate surface area is 191 Å². The Hall–Kier alpha value is -4.98. The van der Waals surface area contributed by atoms with Crippen molar-refractivity contribution in [3.63, 3.8) is 0 Å². The molecule has 3 aromatic rings. The van der Waals surface area contributed by atoms with Gasteiger partial charge in [0, 0.05) is 16.8 Å². The second kappa shape index (κ2) is 6.76. The van der Waals surface area contributed by atoms with E-state index in [2.05, 4.69) is 10.2 Å². The maximum absolute atomic E-state index is 14.1. The van der Waals surface area contributed by atoms with E-state index >= 15 is 0 Å². The number of carbonyl (C=O) groups excluding carboxylic acids is 2. The van der Waals surface area contributed by atoms with Crippen molar-refractivity contribution in [1.82, 2.24) is 10.2 Å². The topological polar surface area (TPSA) is 167 Å². The molecule has 1 amide bonds. The van der Waals surface area contributed by atoms with Crippen LogP contribution in [0.5, 0.6) is 17.4 Å². The van der Waals surface area contributed by atoms with Gasteiger partial charge < -0.3 is 34.7 Å². The predicted octanol–water partition coefficient (Wildman–Crippen LogP) is 0.274. The standard InChI is InChI=1S/C23H15N5O6/c24-8-13-20(25)34-21-18(19(26-27-21)11-5-6-15-16(7-11)33-10-32-15)23(13)12-3-1-2-4-14(12)28(22(23)31)9-17(29)30/h1-7H,9-10,25H2,(H,26,27)(H,29,30)/p-1/t23-/m0/s1. The van der Waals surface area contributed by atoms with Crippen LogP contribution in [0.15, 0.2) is 53.9 Å². The molecule has 3 aliphatic heterocycles. The van der Waals surface area contributed by atoms with Gasteiger partial charge in [0.1, 0.15) is 17.1 Å². The van der Waals surface area contributed by atoms with E-state index in [-0.39, 0.29) is 29.7 Å². The first kappa shape index (κ1) is 19.7. The Morgan fingerprint density at radius 1 is 1.26 bits per heavy atom. The van der Waals surface area contributed by atoms with Crippen molar-refractivity contribution in [2.75, 3.05) is 18.2 Å². The van der Waals surface area contributed by atoms with Crippen molar-refractivity contribution in [2.45, 2.75) is 5.41 Å². The first-order chi connectivity index (χ1) is 16.5. The van der Waals surface area contributed by atoms with Crippen LogP contribution in [0.25, 0.3) is 11.3 Å². The van der Waals surface area contributed by atoms with E-state index in [9.17, 15) is 20.0 Å². The number of ether oxygens (including phenoxy) is 3. The largest absolute Gasteiger partial charge is 0.548 e. The number of carboxylic acid groups (broad SMARTS) is 1. The molecule has 0 unspecified atom stereocenters. The summed E-state index contributed by atoms with van der Waals surface area (Å²) in [5, 5.41) is 28.7. The molecule has 4 heterocycles. The number of hydrogen-bond acceptors (Lipinski definition) is 9. The summed E-state index contributed by atoms with van der Waals surface area (Å²) in [5.41, 5.74) is 6.06. The van der Waals surface area contributed by atoms with Gasteiger partial charge in [0.05, 0.1) is 23.8 Å². The maximum Gasteiger partial charge on any atom is 0.248 e. The van der Waals surface area contributed by atoms with E-state index < -0.39 is 23.8 Å². The molecule has 0 aliphatic carbocycles. The van der Waals surface area contributed by atoms with Gasteiger partial charge >= 0.3 is 0 Å². The average Bonchev–Trinajstić information content (AvgIpc) is 3.52. The first-order valence-corrected chi connectivity index (χ1v) is 10.1. The maximum atomic E-state index is 14.1. The normalized spacial score (nSPS) is 19.6. The summed E-state index contributed by atoms with van der Waals surface area (Å²) in [5.74, 6) is -1.36. The zero-order valence-electron chi connectivity index (χ0n) is 17.3. The molecular formula is C23H14N5O6-. The molecule has 0 saturated heterocycles. The molecule has 3 N–H and O–H groups in total. The van der Waals surface area contributed by atoms with Crippen molar-refractivity contribution in [2.24, 2.45) is 5.73 Å². The van der Waals surface area contributed by atoms with Crippen LogP contribution in [0.2, 0.25) is 0 Å². The van der Waals surface area contributed by atoms with Crippen LogP contribution < -0.4 is 30.0 Å². The Kier molecular flexibility index (Phi) is 3.91. The smallest absolute Gasteiger partial charge is 0.248 e. The molecule has 11 nitrogen and oxygen atoms in total.